The predicted octanol–water partition coefficient (Wildman–Crippen LogP) is 2.94. The average molecular weight is 264 g/mol. The molecule has 3 atom stereocenters. The van der Waals surface area contributed by atoms with Crippen molar-refractivity contribution in [2.45, 2.75) is 25.4 Å². The smallest absolute Gasteiger partial charge is 0.159 e. The highest BCUT2D eigenvalue weighted by Crippen LogP contribution is 2.28. The number of hydrogen-bond acceptors (Lipinski definition) is 3. The van der Waals surface area contributed by atoms with E-state index in [1.165, 1.54) is 0 Å². The van der Waals surface area contributed by atoms with Crippen molar-refractivity contribution in [3.8, 4) is 6.07 Å². The topological polar surface area (TPSA) is 50.1 Å². The van der Waals surface area contributed by atoms with Gasteiger partial charge in [0.2, 0.25) is 0 Å². The van der Waals surface area contributed by atoms with Crippen molar-refractivity contribution in [1.82, 2.24) is 0 Å². The number of nitrogens with zero attached hydrogens (tertiary/aromatic N) is 1. The molecule has 0 radical (unpaired) electrons. The van der Waals surface area contributed by atoms with E-state index in [0.29, 0.717) is 23.6 Å². The zero-order valence-corrected chi connectivity index (χ0v) is 10.9. The van der Waals surface area contributed by atoms with Crippen LogP contribution in [-0.2, 0) is 9.53 Å². The Morgan fingerprint density at radius 2 is 2.17 bits per heavy atom. The zero-order chi connectivity index (χ0) is 13.1. The Hall–Kier alpha value is -1.37. The van der Waals surface area contributed by atoms with Gasteiger partial charge in [-0.25, -0.2) is 0 Å². The van der Waals surface area contributed by atoms with Gasteiger partial charge in [-0.15, -0.1) is 0 Å². The average Bonchev–Trinajstić information content (AvgIpc) is 2.79. The van der Waals surface area contributed by atoms with Crippen molar-refractivity contribution in [1.29, 1.82) is 5.26 Å². The van der Waals surface area contributed by atoms with Crippen LogP contribution in [0.5, 0.6) is 0 Å². The molecule has 0 amide bonds. The summed E-state index contributed by atoms with van der Waals surface area (Å²) in [6.45, 7) is 2.36. The van der Waals surface area contributed by atoms with Crippen LogP contribution in [0.25, 0.3) is 0 Å². The van der Waals surface area contributed by atoms with Gasteiger partial charge in [-0.05, 0) is 31.0 Å². The van der Waals surface area contributed by atoms with Crippen molar-refractivity contribution in [3.05, 3.63) is 34.9 Å². The van der Waals surface area contributed by atoms with Gasteiger partial charge in [-0.2, -0.15) is 5.26 Å². The van der Waals surface area contributed by atoms with E-state index < -0.39 is 5.92 Å². The minimum atomic E-state index is -0.721. The minimum Gasteiger partial charge on any atom is -0.378 e. The van der Waals surface area contributed by atoms with Gasteiger partial charge in [0.25, 0.3) is 0 Å². The second kappa shape index (κ2) is 5.51. The van der Waals surface area contributed by atoms with Crippen LogP contribution in [0.4, 0.5) is 0 Å². The van der Waals surface area contributed by atoms with Gasteiger partial charge in [0, 0.05) is 10.9 Å². The number of halogens is 1. The molecule has 1 aromatic rings. The number of ketones is 1. The number of carbonyl (C=O) groups is 1. The molecule has 3 unspecified atom stereocenters. The first-order valence-corrected chi connectivity index (χ1v) is 6.30. The summed E-state index contributed by atoms with van der Waals surface area (Å²) in [5.74, 6) is -0.939. The van der Waals surface area contributed by atoms with Crippen molar-refractivity contribution >= 4 is 17.4 Å². The molecule has 2 rings (SSSR count). The fourth-order valence-corrected chi connectivity index (χ4v) is 2.33. The van der Waals surface area contributed by atoms with E-state index >= 15 is 0 Å². The summed E-state index contributed by atoms with van der Waals surface area (Å²) in [5.41, 5.74) is 0.700. The highest BCUT2D eigenvalue weighted by atomic mass is 35.5. The Morgan fingerprint density at radius 3 is 2.67 bits per heavy atom. The molecular formula is C14H14ClNO2. The molecule has 0 aliphatic carbocycles. The number of benzene rings is 1. The first-order chi connectivity index (χ1) is 8.61. The van der Waals surface area contributed by atoms with Crippen LogP contribution in [0.3, 0.4) is 0 Å². The lowest BCUT2D eigenvalue weighted by atomic mass is 9.87. The van der Waals surface area contributed by atoms with E-state index in [9.17, 15) is 10.1 Å². The molecule has 4 heteroatoms. The first-order valence-electron chi connectivity index (χ1n) is 5.92. The van der Waals surface area contributed by atoms with Gasteiger partial charge in [0.05, 0.1) is 18.8 Å². The number of carbonyl (C=O) groups excluding carboxylic acids is 1. The standard InChI is InChI=1S/C14H14ClNO2/c1-9-6-11(8-18-9)14(17)13(7-16)10-2-4-12(15)5-3-10/h2-5,9,11,13H,6,8H2,1H3. The Bertz CT molecular complexity index is 478. The second-order valence-electron chi connectivity index (χ2n) is 4.59. The molecule has 1 heterocycles. The summed E-state index contributed by atoms with van der Waals surface area (Å²) in [5, 5.41) is 9.80. The zero-order valence-electron chi connectivity index (χ0n) is 10.1. The Morgan fingerprint density at radius 1 is 1.50 bits per heavy atom. The van der Waals surface area contributed by atoms with Crippen molar-refractivity contribution in [2.24, 2.45) is 5.92 Å². The molecule has 0 saturated carbocycles. The van der Waals surface area contributed by atoms with Gasteiger partial charge in [-0.3, -0.25) is 4.79 Å². The van der Waals surface area contributed by atoms with E-state index in [1.807, 2.05) is 6.92 Å². The highest BCUT2D eigenvalue weighted by Gasteiger charge is 2.33. The predicted molar refractivity (Wildman–Crippen MR) is 68.3 cm³/mol. The second-order valence-corrected chi connectivity index (χ2v) is 5.03. The number of hydrogen-bond donors (Lipinski definition) is 0. The van der Waals surface area contributed by atoms with E-state index in [4.69, 9.17) is 16.3 Å². The third-order valence-corrected chi connectivity index (χ3v) is 3.47. The van der Waals surface area contributed by atoms with Crippen LogP contribution >= 0.6 is 11.6 Å². The molecule has 94 valence electrons. The number of rotatable bonds is 3. The summed E-state index contributed by atoms with van der Waals surface area (Å²) >= 11 is 5.80. The molecular weight excluding hydrogens is 250 g/mol. The number of ether oxygens (including phenoxy) is 1. The van der Waals surface area contributed by atoms with Gasteiger partial charge >= 0.3 is 0 Å². The van der Waals surface area contributed by atoms with Crippen molar-refractivity contribution in [2.75, 3.05) is 6.61 Å². The molecule has 1 aromatic carbocycles. The third-order valence-electron chi connectivity index (χ3n) is 3.22. The van der Waals surface area contributed by atoms with Crippen LogP contribution in [0.1, 0.15) is 24.8 Å². The summed E-state index contributed by atoms with van der Waals surface area (Å²) in [6, 6.07) is 8.93. The van der Waals surface area contributed by atoms with Gasteiger partial charge < -0.3 is 4.74 Å². The van der Waals surface area contributed by atoms with Crippen LogP contribution < -0.4 is 0 Å². The van der Waals surface area contributed by atoms with Crippen LogP contribution in [0, 0.1) is 17.2 Å². The Kier molecular flexibility index (Phi) is 4.00. The lowest BCUT2D eigenvalue weighted by Gasteiger charge is -2.12. The maximum Gasteiger partial charge on any atom is 0.159 e. The summed E-state index contributed by atoms with van der Waals surface area (Å²) in [6.07, 6.45) is 0.799. The van der Waals surface area contributed by atoms with E-state index in [1.54, 1.807) is 24.3 Å². The highest BCUT2D eigenvalue weighted by molar-refractivity contribution is 6.30. The fourth-order valence-electron chi connectivity index (χ4n) is 2.21. The van der Waals surface area contributed by atoms with E-state index in [0.717, 1.165) is 0 Å². The van der Waals surface area contributed by atoms with Crippen molar-refractivity contribution in [3.63, 3.8) is 0 Å². The fraction of sp³-hybridized carbons (Fsp3) is 0.429. The molecule has 1 aliphatic rings. The van der Waals surface area contributed by atoms with E-state index in [-0.39, 0.29) is 17.8 Å². The quantitative estimate of drug-likeness (QED) is 0.842. The SMILES string of the molecule is CC1CC(C(=O)C(C#N)c2ccc(Cl)cc2)CO1. The maximum absolute atomic E-state index is 12.3. The van der Waals surface area contributed by atoms with Crippen LogP contribution in [0.15, 0.2) is 24.3 Å². The van der Waals surface area contributed by atoms with E-state index in [2.05, 4.69) is 6.07 Å². The molecule has 0 bridgehead atoms. The number of nitriles is 1. The molecule has 18 heavy (non-hydrogen) atoms. The van der Waals surface area contributed by atoms with Crippen LogP contribution in [0.2, 0.25) is 5.02 Å². The summed E-state index contributed by atoms with van der Waals surface area (Å²) in [4.78, 5) is 12.3. The summed E-state index contributed by atoms with van der Waals surface area (Å²) < 4.78 is 5.38. The number of Topliss-reactive ketones (excluding diaryl/α,β-unsaturated/α-hetero) is 1. The van der Waals surface area contributed by atoms with Crippen LogP contribution in [-0.4, -0.2) is 18.5 Å². The Labute approximate surface area is 111 Å². The van der Waals surface area contributed by atoms with Gasteiger partial charge in [0.15, 0.2) is 5.78 Å². The summed E-state index contributed by atoms with van der Waals surface area (Å²) in [7, 11) is 0. The molecule has 0 aromatic heterocycles. The van der Waals surface area contributed by atoms with Gasteiger partial charge in [0.1, 0.15) is 5.92 Å². The lowest BCUT2D eigenvalue weighted by Crippen LogP contribution is -2.21. The third kappa shape index (κ3) is 2.72. The molecule has 0 spiro atoms. The van der Waals surface area contributed by atoms with Crippen molar-refractivity contribution < 1.29 is 9.53 Å². The normalized spacial score (nSPS) is 24.5. The molecule has 3 nitrogen and oxygen atoms in total. The monoisotopic (exact) mass is 263 g/mol. The molecule has 1 fully saturated rings. The molecule has 1 aliphatic heterocycles. The largest absolute Gasteiger partial charge is 0.378 e. The molecule has 1 saturated heterocycles. The first kappa shape index (κ1) is 13.1. The Balaban J connectivity index is 2.16. The molecule has 0 N–H and O–H groups in total. The van der Waals surface area contributed by atoms with Gasteiger partial charge in [-0.1, -0.05) is 23.7 Å². The lowest BCUT2D eigenvalue weighted by molar-refractivity contribution is -0.123. The minimum absolute atomic E-state index is 0.0517. The maximum atomic E-state index is 12.3.